The number of carbonyl (C=O) groups is 1. The number of thiazole rings is 1. The largest absolute Gasteiger partial charge is 0.493 e. The summed E-state index contributed by atoms with van der Waals surface area (Å²) in [6.45, 7) is 6.29. The van der Waals surface area contributed by atoms with Crippen molar-refractivity contribution in [3.05, 3.63) is 40.4 Å². The molecule has 5 heteroatoms. The third-order valence-corrected chi connectivity index (χ3v) is 3.85. The van der Waals surface area contributed by atoms with E-state index in [0.29, 0.717) is 18.2 Å². The second kappa shape index (κ2) is 6.52. The quantitative estimate of drug-likeness (QED) is 0.917. The van der Waals surface area contributed by atoms with Gasteiger partial charge in [0.2, 0.25) is 5.91 Å². The highest BCUT2D eigenvalue weighted by Gasteiger charge is 2.08. The van der Waals surface area contributed by atoms with Crippen molar-refractivity contribution in [2.45, 2.75) is 27.2 Å². The lowest BCUT2D eigenvalue weighted by molar-refractivity contribution is -0.116. The average molecular weight is 290 g/mol. The smallest absolute Gasteiger partial charge is 0.229 e. The number of anilines is 1. The Labute approximate surface area is 122 Å². The number of hydrogen-bond donors (Lipinski definition) is 1. The molecule has 0 unspecified atom stereocenters. The molecule has 2 aromatic rings. The molecule has 0 atom stereocenters. The first-order valence-corrected chi connectivity index (χ1v) is 7.29. The van der Waals surface area contributed by atoms with Crippen LogP contribution >= 0.6 is 11.3 Å². The van der Waals surface area contributed by atoms with Gasteiger partial charge in [-0.3, -0.25) is 4.79 Å². The van der Waals surface area contributed by atoms with Crippen LogP contribution in [0.3, 0.4) is 0 Å². The van der Waals surface area contributed by atoms with Crippen molar-refractivity contribution in [3.8, 4) is 5.75 Å². The second-order valence-electron chi connectivity index (χ2n) is 4.62. The number of aromatic nitrogens is 1. The minimum Gasteiger partial charge on any atom is -0.493 e. The van der Waals surface area contributed by atoms with Crippen molar-refractivity contribution < 1.29 is 9.53 Å². The fourth-order valence-corrected chi connectivity index (χ4v) is 2.51. The van der Waals surface area contributed by atoms with Gasteiger partial charge in [0, 0.05) is 4.88 Å². The summed E-state index contributed by atoms with van der Waals surface area (Å²) in [7, 11) is 0. The molecule has 0 fully saturated rings. The molecule has 2 rings (SSSR count). The van der Waals surface area contributed by atoms with E-state index in [9.17, 15) is 4.79 Å². The van der Waals surface area contributed by atoms with E-state index in [1.165, 1.54) is 11.3 Å². The average Bonchev–Trinajstić information content (AvgIpc) is 2.68. The van der Waals surface area contributed by atoms with Gasteiger partial charge in [0.25, 0.3) is 0 Å². The van der Waals surface area contributed by atoms with Crippen molar-refractivity contribution in [2.24, 2.45) is 0 Å². The zero-order valence-electron chi connectivity index (χ0n) is 11.9. The summed E-state index contributed by atoms with van der Waals surface area (Å²) in [5, 5.41) is 3.44. The number of ether oxygens (including phenoxy) is 1. The van der Waals surface area contributed by atoms with Crippen molar-refractivity contribution in [1.29, 1.82) is 0 Å². The minimum atomic E-state index is -0.0774. The molecule has 0 aliphatic rings. The first kappa shape index (κ1) is 14.5. The number of rotatable bonds is 5. The van der Waals surface area contributed by atoms with E-state index in [0.717, 1.165) is 21.9 Å². The molecule has 106 valence electrons. The van der Waals surface area contributed by atoms with Crippen LogP contribution in [0.4, 0.5) is 5.13 Å². The highest BCUT2D eigenvalue weighted by Crippen LogP contribution is 2.21. The van der Waals surface area contributed by atoms with Gasteiger partial charge in [-0.05, 0) is 38.5 Å². The van der Waals surface area contributed by atoms with Crippen LogP contribution in [-0.4, -0.2) is 17.5 Å². The van der Waals surface area contributed by atoms with Gasteiger partial charge >= 0.3 is 0 Å². The van der Waals surface area contributed by atoms with Gasteiger partial charge < -0.3 is 10.1 Å². The molecular formula is C15H18N2O2S. The highest BCUT2D eigenvalue weighted by molar-refractivity contribution is 7.15. The van der Waals surface area contributed by atoms with Gasteiger partial charge in [-0.15, -0.1) is 11.3 Å². The number of nitrogens with zero attached hydrogens (tertiary/aromatic N) is 1. The minimum absolute atomic E-state index is 0.0774. The van der Waals surface area contributed by atoms with Crippen LogP contribution in [0.25, 0.3) is 0 Å². The summed E-state index contributed by atoms with van der Waals surface area (Å²) in [6.07, 6.45) is 0.311. The van der Waals surface area contributed by atoms with Gasteiger partial charge in [0.05, 0.1) is 18.7 Å². The molecule has 0 radical (unpaired) electrons. The highest BCUT2D eigenvalue weighted by atomic mass is 32.1. The van der Waals surface area contributed by atoms with E-state index in [-0.39, 0.29) is 5.91 Å². The molecule has 0 aliphatic carbocycles. The summed E-state index contributed by atoms with van der Waals surface area (Å²) in [4.78, 5) is 17.2. The van der Waals surface area contributed by atoms with Crippen LogP contribution in [-0.2, 0) is 4.79 Å². The first-order valence-electron chi connectivity index (χ1n) is 6.48. The molecular weight excluding hydrogens is 272 g/mol. The van der Waals surface area contributed by atoms with Crippen molar-refractivity contribution in [1.82, 2.24) is 4.98 Å². The molecule has 1 heterocycles. The lowest BCUT2D eigenvalue weighted by Gasteiger charge is -2.06. The summed E-state index contributed by atoms with van der Waals surface area (Å²) >= 11 is 1.49. The number of carbonyl (C=O) groups excluding carboxylic acids is 1. The van der Waals surface area contributed by atoms with E-state index in [4.69, 9.17) is 4.74 Å². The van der Waals surface area contributed by atoms with E-state index in [1.807, 2.05) is 45.0 Å². The Bertz CT molecular complexity index is 588. The Morgan fingerprint density at radius 1 is 1.35 bits per heavy atom. The Balaban J connectivity index is 1.78. The number of nitrogens with one attached hydrogen (secondary N) is 1. The van der Waals surface area contributed by atoms with E-state index in [1.54, 1.807) is 0 Å². The molecule has 0 spiro atoms. The zero-order chi connectivity index (χ0) is 14.5. The summed E-state index contributed by atoms with van der Waals surface area (Å²) in [5.74, 6) is 0.713. The van der Waals surface area contributed by atoms with Crippen LogP contribution in [0, 0.1) is 20.8 Å². The Hall–Kier alpha value is -1.88. The Morgan fingerprint density at radius 2 is 2.15 bits per heavy atom. The van der Waals surface area contributed by atoms with Crippen LogP contribution in [0.1, 0.15) is 22.6 Å². The standard InChI is InChI=1S/C15H18N2O2S/c1-10-5-4-6-13(9-10)19-8-7-14(18)17-15-16-11(2)12(3)20-15/h4-6,9H,7-8H2,1-3H3,(H,16,17,18). The molecule has 20 heavy (non-hydrogen) atoms. The predicted octanol–water partition coefficient (Wildman–Crippen LogP) is 3.48. The molecule has 0 saturated heterocycles. The maximum atomic E-state index is 11.8. The van der Waals surface area contributed by atoms with Crippen LogP contribution < -0.4 is 10.1 Å². The van der Waals surface area contributed by atoms with E-state index in [2.05, 4.69) is 10.3 Å². The van der Waals surface area contributed by atoms with Gasteiger partial charge in [0.15, 0.2) is 5.13 Å². The Kier molecular flexibility index (Phi) is 4.74. The normalized spacial score (nSPS) is 10.3. The summed E-state index contributed by atoms with van der Waals surface area (Å²) < 4.78 is 5.55. The topological polar surface area (TPSA) is 51.2 Å². The third kappa shape index (κ3) is 4.06. The number of benzene rings is 1. The molecule has 0 bridgehead atoms. The summed E-state index contributed by atoms with van der Waals surface area (Å²) in [6, 6.07) is 7.78. The van der Waals surface area contributed by atoms with Gasteiger partial charge in [-0.1, -0.05) is 12.1 Å². The van der Waals surface area contributed by atoms with Gasteiger partial charge in [0.1, 0.15) is 5.75 Å². The third-order valence-electron chi connectivity index (χ3n) is 2.86. The maximum absolute atomic E-state index is 11.8. The number of hydrogen-bond acceptors (Lipinski definition) is 4. The fraction of sp³-hybridized carbons (Fsp3) is 0.333. The molecule has 1 aromatic heterocycles. The maximum Gasteiger partial charge on any atom is 0.229 e. The molecule has 1 N–H and O–H groups in total. The van der Waals surface area contributed by atoms with Crippen LogP contribution in [0.15, 0.2) is 24.3 Å². The lowest BCUT2D eigenvalue weighted by Crippen LogP contribution is -2.15. The number of aryl methyl sites for hydroxylation is 3. The monoisotopic (exact) mass is 290 g/mol. The molecule has 1 aromatic carbocycles. The van der Waals surface area contributed by atoms with Gasteiger partial charge in [-0.25, -0.2) is 4.98 Å². The predicted molar refractivity (Wildman–Crippen MR) is 81.5 cm³/mol. The first-order chi connectivity index (χ1) is 9.54. The molecule has 1 amide bonds. The van der Waals surface area contributed by atoms with Crippen molar-refractivity contribution >= 4 is 22.4 Å². The van der Waals surface area contributed by atoms with Crippen LogP contribution in [0.5, 0.6) is 5.75 Å². The zero-order valence-corrected chi connectivity index (χ0v) is 12.7. The van der Waals surface area contributed by atoms with Gasteiger partial charge in [-0.2, -0.15) is 0 Å². The molecule has 0 aliphatic heterocycles. The van der Waals surface area contributed by atoms with Crippen molar-refractivity contribution in [3.63, 3.8) is 0 Å². The molecule has 4 nitrogen and oxygen atoms in total. The van der Waals surface area contributed by atoms with Crippen LogP contribution in [0.2, 0.25) is 0 Å². The van der Waals surface area contributed by atoms with E-state index < -0.39 is 0 Å². The summed E-state index contributed by atoms with van der Waals surface area (Å²) in [5.41, 5.74) is 2.10. The van der Waals surface area contributed by atoms with E-state index >= 15 is 0 Å². The van der Waals surface area contributed by atoms with Crippen molar-refractivity contribution in [2.75, 3.05) is 11.9 Å². The fourth-order valence-electron chi connectivity index (χ4n) is 1.67. The second-order valence-corrected chi connectivity index (χ2v) is 5.83. The SMILES string of the molecule is Cc1cccc(OCCC(=O)Nc2nc(C)c(C)s2)c1. The lowest BCUT2D eigenvalue weighted by atomic mass is 10.2. The Morgan fingerprint density at radius 3 is 2.80 bits per heavy atom. The molecule has 0 saturated carbocycles. The number of amides is 1.